The SMILES string of the molecule is CC1CCCC(N(C)C(C)CCNC(C)(C)C)C1. The van der Waals surface area contributed by atoms with Crippen molar-refractivity contribution >= 4 is 0 Å². The molecule has 0 heterocycles. The van der Waals surface area contributed by atoms with Gasteiger partial charge in [-0.1, -0.05) is 19.8 Å². The van der Waals surface area contributed by atoms with Crippen LogP contribution in [0.1, 0.15) is 66.7 Å². The average molecular weight is 254 g/mol. The number of rotatable bonds is 5. The Morgan fingerprint density at radius 3 is 2.50 bits per heavy atom. The minimum Gasteiger partial charge on any atom is -0.312 e. The Morgan fingerprint density at radius 2 is 1.94 bits per heavy atom. The number of hydrogen-bond donors (Lipinski definition) is 1. The molecular weight excluding hydrogens is 220 g/mol. The van der Waals surface area contributed by atoms with E-state index in [2.05, 4.69) is 51.9 Å². The summed E-state index contributed by atoms with van der Waals surface area (Å²) in [5.41, 5.74) is 0.248. The second-order valence-corrected chi connectivity index (χ2v) is 7.41. The lowest BCUT2D eigenvalue weighted by atomic mass is 9.86. The van der Waals surface area contributed by atoms with Crippen molar-refractivity contribution in [2.75, 3.05) is 13.6 Å². The van der Waals surface area contributed by atoms with Crippen molar-refractivity contribution < 1.29 is 0 Å². The highest BCUT2D eigenvalue weighted by molar-refractivity contribution is 4.81. The topological polar surface area (TPSA) is 15.3 Å². The highest BCUT2D eigenvalue weighted by Crippen LogP contribution is 2.27. The van der Waals surface area contributed by atoms with Gasteiger partial charge in [0.1, 0.15) is 0 Å². The highest BCUT2D eigenvalue weighted by atomic mass is 15.2. The molecule has 1 aliphatic rings. The third-order valence-electron chi connectivity index (χ3n) is 4.40. The van der Waals surface area contributed by atoms with Crippen molar-refractivity contribution in [3.05, 3.63) is 0 Å². The van der Waals surface area contributed by atoms with Gasteiger partial charge in [0.05, 0.1) is 0 Å². The van der Waals surface area contributed by atoms with Gasteiger partial charge in [0.15, 0.2) is 0 Å². The third kappa shape index (κ3) is 5.71. The van der Waals surface area contributed by atoms with Crippen LogP contribution in [0.2, 0.25) is 0 Å². The maximum Gasteiger partial charge on any atom is 0.00975 e. The maximum absolute atomic E-state index is 3.59. The van der Waals surface area contributed by atoms with Gasteiger partial charge in [0.2, 0.25) is 0 Å². The van der Waals surface area contributed by atoms with Gasteiger partial charge < -0.3 is 10.2 Å². The van der Waals surface area contributed by atoms with Gasteiger partial charge in [-0.2, -0.15) is 0 Å². The molecule has 18 heavy (non-hydrogen) atoms. The van der Waals surface area contributed by atoms with Gasteiger partial charge >= 0.3 is 0 Å². The van der Waals surface area contributed by atoms with Gasteiger partial charge in [-0.15, -0.1) is 0 Å². The Balaban J connectivity index is 2.29. The fraction of sp³-hybridized carbons (Fsp3) is 1.00. The first-order valence-corrected chi connectivity index (χ1v) is 7.76. The van der Waals surface area contributed by atoms with Crippen molar-refractivity contribution in [1.82, 2.24) is 10.2 Å². The largest absolute Gasteiger partial charge is 0.312 e. The van der Waals surface area contributed by atoms with E-state index >= 15 is 0 Å². The van der Waals surface area contributed by atoms with E-state index in [0.29, 0.717) is 6.04 Å². The first-order valence-electron chi connectivity index (χ1n) is 7.76. The molecule has 0 spiro atoms. The Morgan fingerprint density at radius 1 is 1.28 bits per heavy atom. The van der Waals surface area contributed by atoms with Crippen molar-refractivity contribution in [3.63, 3.8) is 0 Å². The molecule has 0 amide bonds. The van der Waals surface area contributed by atoms with Crippen molar-refractivity contribution in [3.8, 4) is 0 Å². The summed E-state index contributed by atoms with van der Waals surface area (Å²) in [6, 6.07) is 1.51. The van der Waals surface area contributed by atoms with E-state index in [0.717, 1.165) is 18.5 Å². The molecule has 0 aromatic heterocycles. The van der Waals surface area contributed by atoms with Gasteiger partial charge in [0, 0.05) is 17.6 Å². The molecular formula is C16H34N2. The standard InChI is InChI=1S/C16H34N2/c1-13-8-7-9-15(12-13)18(6)14(2)10-11-17-16(3,4)5/h13-15,17H,7-12H2,1-6H3. The van der Waals surface area contributed by atoms with E-state index < -0.39 is 0 Å². The van der Waals surface area contributed by atoms with Crippen LogP contribution >= 0.6 is 0 Å². The van der Waals surface area contributed by atoms with Crippen LogP contribution in [0.25, 0.3) is 0 Å². The predicted octanol–water partition coefficient (Wildman–Crippen LogP) is 3.66. The zero-order chi connectivity index (χ0) is 13.8. The Bertz CT molecular complexity index is 232. The molecule has 3 atom stereocenters. The van der Waals surface area contributed by atoms with Crippen LogP contribution < -0.4 is 5.32 Å². The summed E-state index contributed by atoms with van der Waals surface area (Å²) in [5.74, 6) is 0.922. The minimum absolute atomic E-state index is 0.248. The lowest BCUT2D eigenvalue weighted by molar-refractivity contribution is 0.120. The summed E-state index contributed by atoms with van der Waals surface area (Å²) < 4.78 is 0. The van der Waals surface area contributed by atoms with Gasteiger partial charge in [0.25, 0.3) is 0 Å². The Labute approximate surface area is 115 Å². The molecule has 1 saturated carbocycles. The Hall–Kier alpha value is -0.0800. The molecule has 108 valence electrons. The number of hydrogen-bond acceptors (Lipinski definition) is 2. The van der Waals surface area contributed by atoms with E-state index in [9.17, 15) is 0 Å². The number of nitrogens with one attached hydrogen (secondary N) is 1. The molecule has 0 aromatic rings. The summed E-state index contributed by atoms with van der Waals surface area (Å²) >= 11 is 0. The molecule has 1 fully saturated rings. The first-order chi connectivity index (χ1) is 8.29. The lowest BCUT2D eigenvalue weighted by Gasteiger charge is -2.38. The van der Waals surface area contributed by atoms with Crippen LogP contribution in [0.15, 0.2) is 0 Å². The van der Waals surface area contributed by atoms with Crippen molar-refractivity contribution in [2.45, 2.75) is 84.3 Å². The Kier molecular flexibility index (Phi) is 6.13. The zero-order valence-corrected chi connectivity index (χ0v) is 13.4. The summed E-state index contributed by atoms with van der Waals surface area (Å²) in [7, 11) is 2.32. The van der Waals surface area contributed by atoms with Crippen LogP contribution in [-0.4, -0.2) is 36.1 Å². The van der Waals surface area contributed by atoms with Crippen LogP contribution in [0, 0.1) is 5.92 Å². The third-order valence-corrected chi connectivity index (χ3v) is 4.40. The van der Waals surface area contributed by atoms with Gasteiger partial charge in [-0.25, -0.2) is 0 Å². The molecule has 0 radical (unpaired) electrons. The van der Waals surface area contributed by atoms with E-state index in [1.165, 1.54) is 32.1 Å². The second-order valence-electron chi connectivity index (χ2n) is 7.41. The molecule has 0 aliphatic heterocycles. The van der Waals surface area contributed by atoms with Crippen LogP contribution in [0.5, 0.6) is 0 Å². The zero-order valence-electron chi connectivity index (χ0n) is 13.4. The molecule has 3 unspecified atom stereocenters. The molecule has 1 N–H and O–H groups in total. The van der Waals surface area contributed by atoms with E-state index in [1.54, 1.807) is 0 Å². The minimum atomic E-state index is 0.248. The molecule has 2 nitrogen and oxygen atoms in total. The second kappa shape index (κ2) is 6.91. The molecule has 0 saturated heterocycles. The van der Waals surface area contributed by atoms with Gasteiger partial charge in [-0.3, -0.25) is 0 Å². The van der Waals surface area contributed by atoms with E-state index in [4.69, 9.17) is 0 Å². The highest BCUT2D eigenvalue weighted by Gasteiger charge is 2.25. The molecule has 2 heteroatoms. The van der Waals surface area contributed by atoms with E-state index in [-0.39, 0.29) is 5.54 Å². The maximum atomic E-state index is 3.59. The van der Waals surface area contributed by atoms with E-state index in [1.807, 2.05) is 0 Å². The summed E-state index contributed by atoms with van der Waals surface area (Å²) in [4.78, 5) is 2.62. The van der Waals surface area contributed by atoms with Crippen LogP contribution in [0.4, 0.5) is 0 Å². The fourth-order valence-corrected chi connectivity index (χ4v) is 2.99. The number of nitrogens with zero attached hydrogens (tertiary/aromatic N) is 1. The fourth-order valence-electron chi connectivity index (χ4n) is 2.99. The van der Waals surface area contributed by atoms with Gasteiger partial charge in [-0.05, 0) is 66.5 Å². The summed E-state index contributed by atoms with van der Waals surface area (Å²) in [5, 5.41) is 3.59. The van der Waals surface area contributed by atoms with Crippen LogP contribution in [-0.2, 0) is 0 Å². The first kappa shape index (κ1) is 16.0. The average Bonchev–Trinajstić information content (AvgIpc) is 2.26. The normalized spacial score (nSPS) is 27.5. The van der Waals surface area contributed by atoms with Crippen LogP contribution in [0.3, 0.4) is 0 Å². The van der Waals surface area contributed by atoms with Crippen molar-refractivity contribution in [2.24, 2.45) is 5.92 Å². The molecule has 0 bridgehead atoms. The summed E-state index contributed by atoms with van der Waals surface area (Å²) in [6.45, 7) is 12.6. The monoisotopic (exact) mass is 254 g/mol. The molecule has 1 rings (SSSR count). The predicted molar refractivity (Wildman–Crippen MR) is 81.0 cm³/mol. The van der Waals surface area contributed by atoms with Crippen molar-refractivity contribution in [1.29, 1.82) is 0 Å². The molecule has 1 aliphatic carbocycles. The quantitative estimate of drug-likeness (QED) is 0.805. The molecule has 0 aromatic carbocycles. The summed E-state index contributed by atoms with van der Waals surface area (Å²) in [6.07, 6.45) is 6.90. The lowest BCUT2D eigenvalue weighted by Crippen LogP contribution is -2.44. The smallest absolute Gasteiger partial charge is 0.00975 e.